The number of aromatic nitrogens is 2. The Balaban J connectivity index is 2.58. The van der Waals surface area contributed by atoms with Gasteiger partial charge in [-0.1, -0.05) is 40.0 Å². The van der Waals surface area contributed by atoms with Crippen LogP contribution >= 0.6 is 0 Å². The Morgan fingerprint density at radius 1 is 1.25 bits per heavy atom. The zero-order chi connectivity index (χ0) is 15.0. The lowest BCUT2D eigenvalue weighted by molar-refractivity contribution is 0.384. The zero-order valence-electron chi connectivity index (χ0n) is 13.7. The van der Waals surface area contributed by atoms with Gasteiger partial charge in [-0.05, 0) is 38.2 Å². The van der Waals surface area contributed by atoms with Crippen LogP contribution in [-0.4, -0.2) is 15.5 Å². The van der Waals surface area contributed by atoms with Crippen molar-refractivity contribution in [2.24, 2.45) is 5.73 Å². The van der Waals surface area contributed by atoms with Gasteiger partial charge in [0.2, 0.25) is 0 Å². The van der Waals surface area contributed by atoms with Gasteiger partial charge in [0, 0.05) is 23.9 Å². The van der Waals surface area contributed by atoms with Crippen molar-refractivity contribution in [1.82, 2.24) is 9.97 Å². The molecule has 1 rings (SSSR count). The van der Waals surface area contributed by atoms with Crippen molar-refractivity contribution >= 4 is 0 Å². The lowest BCUT2D eigenvalue weighted by Crippen LogP contribution is -2.36. The van der Waals surface area contributed by atoms with E-state index >= 15 is 0 Å². The average Bonchev–Trinajstić information content (AvgIpc) is 2.44. The molecule has 20 heavy (non-hydrogen) atoms. The fourth-order valence-corrected chi connectivity index (χ4v) is 2.49. The third-order valence-corrected chi connectivity index (χ3v) is 3.97. The Labute approximate surface area is 124 Å². The molecule has 0 saturated heterocycles. The Hall–Kier alpha value is -0.960. The van der Waals surface area contributed by atoms with Crippen LogP contribution in [0.25, 0.3) is 0 Å². The molecule has 1 heterocycles. The maximum absolute atomic E-state index is 6.34. The summed E-state index contributed by atoms with van der Waals surface area (Å²) in [5.74, 6) is 1.46. The fourth-order valence-electron chi connectivity index (χ4n) is 2.49. The standard InChI is InChI=1S/C17H31N3/c1-5-7-11-17(4,18)12-9-16-19-13-10-15(20-16)14(3)8-6-2/h10,13-14H,5-9,11-12,18H2,1-4H3. The van der Waals surface area contributed by atoms with Crippen LogP contribution in [0.4, 0.5) is 0 Å². The quantitative estimate of drug-likeness (QED) is 0.735. The maximum Gasteiger partial charge on any atom is 0.128 e. The third kappa shape index (κ3) is 6.00. The van der Waals surface area contributed by atoms with Gasteiger partial charge in [-0.2, -0.15) is 0 Å². The molecule has 2 N–H and O–H groups in total. The summed E-state index contributed by atoms with van der Waals surface area (Å²) in [4.78, 5) is 9.11. The number of nitrogens with zero attached hydrogens (tertiary/aromatic N) is 2. The molecule has 0 amide bonds. The molecule has 0 spiro atoms. The smallest absolute Gasteiger partial charge is 0.128 e. The van der Waals surface area contributed by atoms with Crippen molar-refractivity contribution in [1.29, 1.82) is 0 Å². The molecule has 0 bridgehead atoms. The van der Waals surface area contributed by atoms with Gasteiger partial charge < -0.3 is 5.73 Å². The van der Waals surface area contributed by atoms with Gasteiger partial charge in [0.25, 0.3) is 0 Å². The topological polar surface area (TPSA) is 51.8 Å². The number of hydrogen-bond donors (Lipinski definition) is 1. The van der Waals surface area contributed by atoms with Crippen molar-refractivity contribution < 1.29 is 0 Å². The number of hydrogen-bond acceptors (Lipinski definition) is 3. The predicted octanol–water partition coefficient (Wildman–Crippen LogP) is 4.22. The highest BCUT2D eigenvalue weighted by molar-refractivity contribution is 5.08. The molecule has 3 nitrogen and oxygen atoms in total. The van der Waals surface area contributed by atoms with E-state index in [4.69, 9.17) is 10.7 Å². The van der Waals surface area contributed by atoms with Crippen LogP contribution in [0, 0.1) is 0 Å². The van der Waals surface area contributed by atoms with Crippen LogP contribution in [0.15, 0.2) is 12.3 Å². The molecule has 0 aliphatic carbocycles. The first-order valence-corrected chi connectivity index (χ1v) is 8.09. The first kappa shape index (κ1) is 17.1. The van der Waals surface area contributed by atoms with Gasteiger partial charge in [-0.15, -0.1) is 0 Å². The van der Waals surface area contributed by atoms with E-state index in [-0.39, 0.29) is 5.54 Å². The number of unbranched alkanes of at least 4 members (excludes halogenated alkanes) is 1. The van der Waals surface area contributed by atoms with Crippen LogP contribution in [0.5, 0.6) is 0 Å². The minimum Gasteiger partial charge on any atom is -0.325 e. The number of aryl methyl sites for hydroxylation is 1. The summed E-state index contributed by atoms with van der Waals surface area (Å²) in [5, 5.41) is 0. The van der Waals surface area contributed by atoms with Crippen molar-refractivity contribution in [3.8, 4) is 0 Å². The van der Waals surface area contributed by atoms with Crippen LogP contribution in [0.1, 0.15) is 83.7 Å². The molecule has 1 aromatic rings. The molecule has 0 aliphatic heterocycles. The minimum atomic E-state index is -0.0928. The normalized spacial score (nSPS) is 15.8. The predicted molar refractivity (Wildman–Crippen MR) is 85.8 cm³/mol. The van der Waals surface area contributed by atoms with Crippen LogP contribution < -0.4 is 5.73 Å². The Morgan fingerprint density at radius 3 is 2.65 bits per heavy atom. The summed E-state index contributed by atoms with van der Waals surface area (Å²) in [6, 6.07) is 2.04. The first-order valence-electron chi connectivity index (χ1n) is 8.09. The highest BCUT2D eigenvalue weighted by Crippen LogP contribution is 2.20. The lowest BCUT2D eigenvalue weighted by atomic mass is 9.91. The van der Waals surface area contributed by atoms with E-state index in [0.717, 1.165) is 25.1 Å². The van der Waals surface area contributed by atoms with E-state index in [1.54, 1.807) is 0 Å². The van der Waals surface area contributed by atoms with E-state index in [1.807, 2.05) is 12.3 Å². The Bertz CT molecular complexity index is 388. The van der Waals surface area contributed by atoms with Gasteiger partial charge in [0.05, 0.1) is 0 Å². The molecular weight excluding hydrogens is 246 g/mol. The van der Waals surface area contributed by atoms with Crippen LogP contribution in [0.3, 0.4) is 0 Å². The number of nitrogens with two attached hydrogens (primary N) is 1. The van der Waals surface area contributed by atoms with Crippen molar-refractivity contribution in [2.75, 3.05) is 0 Å². The van der Waals surface area contributed by atoms with Crippen molar-refractivity contribution in [3.63, 3.8) is 0 Å². The summed E-state index contributed by atoms with van der Waals surface area (Å²) in [6.07, 6.45) is 9.58. The number of rotatable bonds is 9. The zero-order valence-corrected chi connectivity index (χ0v) is 13.7. The Kier molecular flexibility index (Phi) is 7.14. The van der Waals surface area contributed by atoms with Crippen LogP contribution in [0.2, 0.25) is 0 Å². The summed E-state index contributed by atoms with van der Waals surface area (Å²) < 4.78 is 0. The second-order valence-electron chi connectivity index (χ2n) is 6.35. The highest BCUT2D eigenvalue weighted by atomic mass is 14.9. The molecule has 0 saturated carbocycles. The van der Waals surface area contributed by atoms with Gasteiger partial charge >= 0.3 is 0 Å². The monoisotopic (exact) mass is 277 g/mol. The summed E-state index contributed by atoms with van der Waals surface area (Å²) in [7, 11) is 0. The molecule has 2 unspecified atom stereocenters. The lowest BCUT2D eigenvalue weighted by Gasteiger charge is -2.24. The summed E-state index contributed by atoms with van der Waals surface area (Å²) >= 11 is 0. The van der Waals surface area contributed by atoms with Crippen LogP contribution in [-0.2, 0) is 6.42 Å². The molecule has 0 fully saturated rings. The second-order valence-corrected chi connectivity index (χ2v) is 6.35. The largest absolute Gasteiger partial charge is 0.325 e. The molecule has 2 atom stereocenters. The molecule has 0 aromatic carbocycles. The van der Waals surface area contributed by atoms with Crippen molar-refractivity contribution in [3.05, 3.63) is 23.8 Å². The van der Waals surface area contributed by atoms with E-state index in [9.17, 15) is 0 Å². The molecule has 114 valence electrons. The van der Waals surface area contributed by atoms with Crippen molar-refractivity contribution in [2.45, 2.75) is 84.1 Å². The van der Waals surface area contributed by atoms with Gasteiger partial charge in [-0.3, -0.25) is 0 Å². The first-order chi connectivity index (χ1) is 9.48. The van der Waals surface area contributed by atoms with E-state index < -0.39 is 0 Å². The average molecular weight is 277 g/mol. The minimum absolute atomic E-state index is 0.0928. The SMILES string of the molecule is CCCCC(C)(N)CCc1nccc(C(C)CCC)n1. The fraction of sp³-hybridized carbons (Fsp3) is 0.765. The van der Waals surface area contributed by atoms with Gasteiger partial charge in [0.1, 0.15) is 5.82 Å². The molecular formula is C17H31N3. The highest BCUT2D eigenvalue weighted by Gasteiger charge is 2.18. The molecule has 0 radical (unpaired) electrons. The molecule has 0 aliphatic rings. The second kappa shape index (κ2) is 8.35. The van der Waals surface area contributed by atoms with E-state index in [0.29, 0.717) is 5.92 Å². The Morgan fingerprint density at radius 2 is 2.00 bits per heavy atom. The van der Waals surface area contributed by atoms with Gasteiger partial charge in [0.15, 0.2) is 0 Å². The summed E-state index contributed by atoms with van der Waals surface area (Å²) in [5.41, 5.74) is 7.42. The van der Waals surface area contributed by atoms with E-state index in [1.165, 1.54) is 31.4 Å². The molecule has 3 heteroatoms. The maximum atomic E-state index is 6.34. The third-order valence-electron chi connectivity index (χ3n) is 3.97. The van der Waals surface area contributed by atoms with Gasteiger partial charge in [-0.25, -0.2) is 9.97 Å². The molecule has 1 aromatic heterocycles. The van der Waals surface area contributed by atoms with E-state index in [2.05, 4.69) is 32.7 Å². The summed E-state index contributed by atoms with van der Waals surface area (Å²) in [6.45, 7) is 8.81.